The minimum absolute atomic E-state index is 0.319. The highest BCUT2D eigenvalue weighted by Crippen LogP contribution is 2.37. The number of benzene rings is 2. The Morgan fingerprint density at radius 3 is 2.84 bits per heavy atom. The van der Waals surface area contributed by atoms with Gasteiger partial charge in [0.05, 0.1) is 17.3 Å². The lowest BCUT2D eigenvalue weighted by Crippen LogP contribution is -2.33. The lowest BCUT2D eigenvalue weighted by atomic mass is 10.1. The van der Waals surface area contributed by atoms with Crippen LogP contribution < -0.4 is 10.3 Å². The van der Waals surface area contributed by atoms with Crippen LogP contribution in [0.3, 0.4) is 0 Å². The number of pyridine rings is 1. The van der Waals surface area contributed by atoms with Crippen LogP contribution in [0.5, 0.6) is 0 Å². The summed E-state index contributed by atoms with van der Waals surface area (Å²) in [6, 6.07) is 21.4. The lowest BCUT2D eigenvalue weighted by molar-refractivity contribution is 0.308. The average Bonchev–Trinajstić information content (AvgIpc) is 3.28. The van der Waals surface area contributed by atoms with Crippen molar-refractivity contribution in [3.63, 3.8) is 0 Å². The van der Waals surface area contributed by atoms with Crippen molar-refractivity contribution < 1.29 is 0 Å². The van der Waals surface area contributed by atoms with Gasteiger partial charge in [0.1, 0.15) is 0 Å². The molecule has 1 unspecified atom stereocenters. The van der Waals surface area contributed by atoms with Gasteiger partial charge in [0, 0.05) is 35.4 Å². The fourth-order valence-electron chi connectivity index (χ4n) is 3.59. The van der Waals surface area contributed by atoms with E-state index in [1.165, 1.54) is 5.70 Å². The number of hydrazine groups is 1. The molecule has 2 aromatic carbocycles. The SMILES string of the molecule is C1=CN2NC=C(N(c3ccccc3)c3ccc4cccnc4c3)C2C1. The van der Waals surface area contributed by atoms with E-state index < -0.39 is 0 Å². The summed E-state index contributed by atoms with van der Waals surface area (Å²) >= 11 is 0. The molecule has 4 heteroatoms. The van der Waals surface area contributed by atoms with E-state index in [-0.39, 0.29) is 0 Å². The van der Waals surface area contributed by atoms with Crippen LogP contribution in [0.2, 0.25) is 0 Å². The Morgan fingerprint density at radius 2 is 1.92 bits per heavy atom. The molecule has 0 bridgehead atoms. The Kier molecular flexibility index (Phi) is 3.20. The molecule has 1 atom stereocenters. The molecule has 3 heterocycles. The van der Waals surface area contributed by atoms with Gasteiger partial charge < -0.3 is 10.3 Å². The van der Waals surface area contributed by atoms with Crippen LogP contribution in [0.15, 0.2) is 91.0 Å². The molecule has 4 nitrogen and oxygen atoms in total. The van der Waals surface area contributed by atoms with Gasteiger partial charge in [-0.1, -0.05) is 36.4 Å². The second-order valence-corrected chi connectivity index (χ2v) is 6.29. The van der Waals surface area contributed by atoms with Crippen LogP contribution in [-0.4, -0.2) is 16.0 Å². The molecule has 0 spiro atoms. The molecule has 0 saturated heterocycles. The number of anilines is 2. The number of hydrogen-bond donors (Lipinski definition) is 1. The highest BCUT2D eigenvalue weighted by atomic mass is 15.5. The van der Waals surface area contributed by atoms with E-state index in [0.29, 0.717) is 6.04 Å². The molecule has 0 amide bonds. The molecule has 3 aromatic rings. The topological polar surface area (TPSA) is 31.4 Å². The van der Waals surface area contributed by atoms with Crippen LogP contribution in [0, 0.1) is 0 Å². The third kappa shape index (κ3) is 2.34. The van der Waals surface area contributed by atoms with Crippen LogP contribution in [0.4, 0.5) is 11.4 Å². The van der Waals surface area contributed by atoms with E-state index in [2.05, 4.69) is 87.3 Å². The summed E-state index contributed by atoms with van der Waals surface area (Å²) in [4.78, 5) is 6.84. The maximum atomic E-state index is 4.53. The largest absolute Gasteiger partial charge is 0.310 e. The van der Waals surface area contributed by atoms with Crippen molar-refractivity contribution in [1.29, 1.82) is 0 Å². The van der Waals surface area contributed by atoms with Crippen LogP contribution >= 0.6 is 0 Å². The van der Waals surface area contributed by atoms with Crippen molar-refractivity contribution in [1.82, 2.24) is 15.4 Å². The first-order valence-corrected chi connectivity index (χ1v) is 8.51. The third-order valence-electron chi connectivity index (χ3n) is 4.78. The molecular formula is C21H18N4. The van der Waals surface area contributed by atoms with Crippen molar-refractivity contribution in [2.45, 2.75) is 12.5 Å². The van der Waals surface area contributed by atoms with E-state index >= 15 is 0 Å². The molecule has 0 fully saturated rings. The number of fused-ring (bicyclic) bond motifs is 2. The number of hydrogen-bond acceptors (Lipinski definition) is 4. The van der Waals surface area contributed by atoms with Crippen molar-refractivity contribution in [2.75, 3.05) is 4.90 Å². The van der Waals surface area contributed by atoms with Crippen molar-refractivity contribution in [2.24, 2.45) is 0 Å². The molecule has 25 heavy (non-hydrogen) atoms. The summed E-state index contributed by atoms with van der Waals surface area (Å²) in [5.41, 5.74) is 7.88. The van der Waals surface area contributed by atoms with Gasteiger partial charge in [-0.3, -0.25) is 9.99 Å². The van der Waals surface area contributed by atoms with E-state index in [4.69, 9.17) is 0 Å². The van der Waals surface area contributed by atoms with Gasteiger partial charge in [0.25, 0.3) is 0 Å². The molecule has 1 N–H and O–H groups in total. The standard InChI is InChI=1S/C21H18N4/c1-2-7-17(8-3-1)25(21-15-23-24-13-5-9-20(21)24)18-11-10-16-6-4-12-22-19(16)14-18/h1-8,10-15,20,23H,9H2. The van der Waals surface area contributed by atoms with E-state index in [1.54, 1.807) is 0 Å². The first-order valence-electron chi connectivity index (χ1n) is 8.51. The van der Waals surface area contributed by atoms with Crippen LogP contribution in [-0.2, 0) is 0 Å². The molecule has 5 rings (SSSR count). The second kappa shape index (κ2) is 5.67. The minimum atomic E-state index is 0.319. The van der Waals surface area contributed by atoms with E-state index in [9.17, 15) is 0 Å². The normalized spacial score (nSPS) is 18.2. The number of nitrogens with one attached hydrogen (secondary N) is 1. The van der Waals surface area contributed by atoms with Crippen molar-refractivity contribution >= 4 is 22.3 Å². The van der Waals surface area contributed by atoms with Crippen molar-refractivity contribution in [3.8, 4) is 0 Å². The fourth-order valence-corrected chi connectivity index (χ4v) is 3.59. The van der Waals surface area contributed by atoms with Crippen LogP contribution in [0.25, 0.3) is 10.9 Å². The summed E-state index contributed by atoms with van der Waals surface area (Å²) in [5.74, 6) is 0. The van der Waals surface area contributed by atoms with E-state index in [0.717, 1.165) is 28.7 Å². The number of aromatic nitrogens is 1. The summed E-state index contributed by atoms with van der Waals surface area (Å²) in [6.45, 7) is 0. The highest BCUT2D eigenvalue weighted by molar-refractivity contribution is 5.84. The lowest BCUT2D eigenvalue weighted by Gasteiger charge is -2.30. The van der Waals surface area contributed by atoms with Gasteiger partial charge in [-0.25, -0.2) is 0 Å². The number of rotatable bonds is 3. The fraction of sp³-hybridized carbons (Fsp3) is 0.0952. The summed E-state index contributed by atoms with van der Waals surface area (Å²) in [5, 5.41) is 3.31. The zero-order chi connectivity index (χ0) is 16.6. The summed E-state index contributed by atoms with van der Waals surface area (Å²) < 4.78 is 0. The van der Waals surface area contributed by atoms with Gasteiger partial charge in [0.2, 0.25) is 0 Å². The Morgan fingerprint density at radius 1 is 1.00 bits per heavy atom. The molecule has 0 aliphatic carbocycles. The van der Waals surface area contributed by atoms with Gasteiger partial charge >= 0.3 is 0 Å². The quantitative estimate of drug-likeness (QED) is 0.777. The van der Waals surface area contributed by atoms with Gasteiger partial charge in [-0.05, 0) is 36.8 Å². The first-order chi connectivity index (χ1) is 12.4. The van der Waals surface area contributed by atoms with Crippen LogP contribution in [0.1, 0.15) is 6.42 Å². The van der Waals surface area contributed by atoms with Gasteiger partial charge in [-0.2, -0.15) is 0 Å². The number of para-hydroxylation sites is 1. The van der Waals surface area contributed by atoms with Crippen molar-refractivity contribution in [3.05, 3.63) is 91.0 Å². The maximum absolute atomic E-state index is 4.53. The molecule has 122 valence electrons. The minimum Gasteiger partial charge on any atom is -0.310 e. The highest BCUT2D eigenvalue weighted by Gasteiger charge is 2.32. The summed E-state index contributed by atoms with van der Waals surface area (Å²) in [6.07, 6.45) is 9.27. The smallest absolute Gasteiger partial charge is 0.0950 e. The Hall–Kier alpha value is -3.27. The predicted octanol–water partition coefficient (Wildman–Crippen LogP) is 4.32. The van der Waals surface area contributed by atoms with Gasteiger partial charge in [0.15, 0.2) is 0 Å². The first kappa shape index (κ1) is 14.1. The third-order valence-corrected chi connectivity index (χ3v) is 4.78. The Labute approximate surface area is 146 Å². The molecule has 2 aliphatic rings. The average molecular weight is 326 g/mol. The zero-order valence-corrected chi connectivity index (χ0v) is 13.7. The maximum Gasteiger partial charge on any atom is 0.0950 e. The molecular weight excluding hydrogens is 308 g/mol. The molecule has 0 saturated carbocycles. The number of nitrogens with zero attached hydrogens (tertiary/aromatic N) is 3. The Balaban J connectivity index is 1.64. The zero-order valence-electron chi connectivity index (χ0n) is 13.7. The van der Waals surface area contributed by atoms with Gasteiger partial charge in [-0.15, -0.1) is 0 Å². The summed E-state index contributed by atoms with van der Waals surface area (Å²) in [7, 11) is 0. The monoisotopic (exact) mass is 326 g/mol. The predicted molar refractivity (Wildman–Crippen MR) is 101 cm³/mol. The molecule has 0 radical (unpaired) electrons. The molecule has 1 aromatic heterocycles. The Bertz CT molecular complexity index is 977. The molecule has 2 aliphatic heterocycles. The van der Waals surface area contributed by atoms with E-state index in [1.807, 2.05) is 18.3 Å². The second-order valence-electron chi connectivity index (χ2n) is 6.29.